The summed E-state index contributed by atoms with van der Waals surface area (Å²) in [5, 5.41) is 29.2. The average molecular weight is 736 g/mol. The quantitative estimate of drug-likeness (QED) is 0.114. The maximum atomic E-state index is 14.5. The highest BCUT2D eigenvalue weighted by Crippen LogP contribution is 2.34. The highest BCUT2D eigenvalue weighted by atomic mass is 32.2. The molecule has 1 aliphatic heterocycles. The summed E-state index contributed by atoms with van der Waals surface area (Å²) in [5.41, 5.74) is 3.88. The van der Waals surface area contributed by atoms with E-state index in [1.54, 1.807) is 39.3 Å². The number of carbonyl (C=O) groups is 5. The number of thioether (sulfide) groups is 1. The zero-order valence-electron chi connectivity index (χ0n) is 30.6. The molecule has 2 saturated carbocycles. The van der Waals surface area contributed by atoms with Crippen LogP contribution in [0.25, 0.3) is 0 Å². The van der Waals surface area contributed by atoms with Crippen LogP contribution in [0.3, 0.4) is 0 Å². The Bertz CT molecular complexity index is 1370. The molecule has 6 amide bonds. The molecule has 1 aromatic heterocycles. The molecule has 3 aliphatic rings. The second kappa shape index (κ2) is 17.8. The van der Waals surface area contributed by atoms with Crippen LogP contribution >= 0.6 is 11.8 Å². The van der Waals surface area contributed by atoms with E-state index in [0.717, 1.165) is 56.7 Å². The van der Waals surface area contributed by atoms with Gasteiger partial charge in [0, 0.05) is 25.6 Å². The first-order chi connectivity index (χ1) is 24.0. The minimum absolute atomic E-state index is 0.0722. The van der Waals surface area contributed by atoms with Crippen molar-refractivity contribution in [2.45, 2.75) is 152 Å². The number of nitrogens with one attached hydrogen (secondary N) is 4. The number of hydrogen-bond acceptors (Lipinski definition) is 10. The molecule has 0 aromatic carbocycles. The standard InChI is InChI=1S/C34H57N9O7S/c1-33(2,3)50-32(48)39-24(17-21-11-7-6-8-12-21)29(45)42-20-23(43-26(19-37-41-43)34(4,5)49)18-25(42)28(44)40-27(51-30(35)46)13-9-10-16-36-31(47)38-22-14-15-22/h19,21-25,27,49H,6-18,20H2,1-5H3,(H2,35,46)(H,39,48)(H,40,44)(H2,36,38,47)/t23-,24+,25-,27?/m0/s1. The third kappa shape index (κ3) is 12.8. The maximum Gasteiger partial charge on any atom is 0.408 e. The van der Waals surface area contributed by atoms with Crippen molar-refractivity contribution >= 4 is 40.9 Å². The van der Waals surface area contributed by atoms with E-state index in [0.29, 0.717) is 37.9 Å². The van der Waals surface area contributed by atoms with Crippen molar-refractivity contribution in [2.75, 3.05) is 13.1 Å². The summed E-state index contributed by atoms with van der Waals surface area (Å²) in [6, 6.07) is -2.40. The third-order valence-corrected chi connectivity index (χ3v) is 10.2. The average Bonchev–Trinajstić information content (AvgIpc) is 3.50. The Labute approximate surface area is 304 Å². The van der Waals surface area contributed by atoms with E-state index in [2.05, 4.69) is 31.6 Å². The largest absolute Gasteiger partial charge is 0.444 e. The van der Waals surface area contributed by atoms with Crippen molar-refractivity contribution in [3.05, 3.63) is 11.9 Å². The van der Waals surface area contributed by atoms with E-state index in [9.17, 15) is 29.1 Å². The number of unbranched alkanes of at least 4 members (excludes halogenated alkanes) is 1. The molecule has 286 valence electrons. The number of rotatable bonds is 15. The second-order valence-corrected chi connectivity index (χ2v) is 16.8. The van der Waals surface area contributed by atoms with Crippen LogP contribution in [0.4, 0.5) is 14.4 Å². The van der Waals surface area contributed by atoms with Gasteiger partial charge in [0.15, 0.2) is 0 Å². The summed E-state index contributed by atoms with van der Waals surface area (Å²) in [4.78, 5) is 67.1. The van der Waals surface area contributed by atoms with Gasteiger partial charge in [-0.15, -0.1) is 5.10 Å². The summed E-state index contributed by atoms with van der Waals surface area (Å²) in [6.45, 7) is 8.96. The molecular formula is C34H57N9O7S. The summed E-state index contributed by atoms with van der Waals surface area (Å²) >= 11 is 0.795. The van der Waals surface area contributed by atoms with Gasteiger partial charge in [0.05, 0.1) is 23.3 Å². The second-order valence-electron chi connectivity index (χ2n) is 15.6. The summed E-state index contributed by atoms with van der Waals surface area (Å²) < 4.78 is 7.08. The van der Waals surface area contributed by atoms with Gasteiger partial charge in [-0.05, 0) is 90.8 Å². The molecule has 2 heterocycles. The first kappa shape index (κ1) is 40.2. The Kier molecular flexibility index (Phi) is 14.0. The van der Waals surface area contributed by atoms with Gasteiger partial charge in [-0.2, -0.15) is 0 Å². The fraction of sp³-hybridized carbons (Fsp3) is 0.794. The molecule has 4 rings (SSSR count). The molecular weight excluding hydrogens is 678 g/mol. The van der Waals surface area contributed by atoms with Crippen molar-refractivity contribution in [1.82, 2.24) is 41.2 Å². The summed E-state index contributed by atoms with van der Waals surface area (Å²) in [6.07, 6.45) is 9.97. The first-order valence-corrected chi connectivity index (χ1v) is 19.1. The molecule has 3 fully saturated rings. The fourth-order valence-corrected chi connectivity index (χ4v) is 7.48. The fourth-order valence-electron chi connectivity index (χ4n) is 6.74. The number of aliphatic hydroxyl groups is 1. The molecule has 1 unspecified atom stereocenters. The predicted octanol–water partition coefficient (Wildman–Crippen LogP) is 3.40. The Morgan fingerprint density at radius 3 is 2.37 bits per heavy atom. The van der Waals surface area contributed by atoms with Crippen molar-refractivity contribution in [3.63, 3.8) is 0 Å². The minimum Gasteiger partial charge on any atom is -0.444 e. The number of nitrogens with zero attached hydrogens (tertiary/aromatic N) is 4. The van der Waals surface area contributed by atoms with Crippen molar-refractivity contribution in [2.24, 2.45) is 11.7 Å². The van der Waals surface area contributed by atoms with Crippen LogP contribution in [0.5, 0.6) is 0 Å². The molecule has 1 aromatic rings. The summed E-state index contributed by atoms with van der Waals surface area (Å²) in [5.74, 6) is -0.685. The lowest BCUT2D eigenvalue weighted by Gasteiger charge is -2.32. The lowest BCUT2D eigenvalue weighted by atomic mass is 9.84. The number of amides is 6. The van der Waals surface area contributed by atoms with Gasteiger partial charge in [0.2, 0.25) is 11.8 Å². The van der Waals surface area contributed by atoms with Gasteiger partial charge in [0.1, 0.15) is 23.3 Å². The monoisotopic (exact) mass is 735 g/mol. The molecule has 2 aliphatic carbocycles. The molecule has 17 heteroatoms. The topological polar surface area (TPSA) is 223 Å². The van der Waals surface area contributed by atoms with Crippen LogP contribution in [0.15, 0.2) is 6.20 Å². The zero-order chi connectivity index (χ0) is 37.3. The molecule has 51 heavy (non-hydrogen) atoms. The van der Waals surface area contributed by atoms with E-state index in [4.69, 9.17) is 10.5 Å². The highest BCUT2D eigenvalue weighted by Gasteiger charge is 2.45. The number of nitrogens with two attached hydrogens (primary N) is 1. The Balaban J connectivity index is 1.52. The van der Waals surface area contributed by atoms with Gasteiger partial charge in [-0.1, -0.05) is 37.3 Å². The van der Waals surface area contributed by atoms with Crippen LogP contribution in [-0.2, 0) is 19.9 Å². The number of ether oxygens (including phenoxy) is 1. The Morgan fingerprint density at radius 2 is 1.75 bits per heavy atom. The smallest absolute Gasteiger partial charge is 0.408 e. The van der Waals surface area contributed by atoms with Gasteiger partial charge < -0.3 is 41.7 Å². The predicted molar refractivity (Wildman–Crippen MR) is 191 cm³/mol. The van der Waals surface area contributed by atoms with E-state index in [-0.39, 0.29) is 31.0 Å². The molecule has 4 atom stereocenters. The van der Waals surface area contributed by atoms with Crippen LogP contribution in [0.2, 0.25) is 0 Å². The maximum absolute atomic E-state index is 14.5. The Morgan fingerprint density at radius 1 is 1.04 bits per heavy atom. The highest BCUT2D eigenvalue weighted by molar-refractivity contribution is 8.14. The number of carbonyl (C=O) groups excluding carboxylic acids is 5. The number of hydrogen-bond donors (Lipinski definition) is 6. The molecule has 1 saturated heterocycles. The lowest BCUT2D eigenvalue weighted by molar-refractivity contribution is -0.140. The molecule has 16 nitrogen and oxygen atoms in total. The molecule has 0 spiro atoms. The van der Waals surface area contributed by atoms with Crippen molar-refractivity contribution < 1.29 is 33.8 Å². The number of likely N-dealkylation sites (tertiary alicyclic amines) is 1. The van der Waals surface area contributed by atoms with E-state index >= 15 is 0 Å². The van der Waals surface area contributed by atoms with E-state index < -0.39 is 57.8 Å². The van der Waals surface area contributed by atoms with E-state index in [1.165, 1.54) is 11.1 Å². The Hall–Kier alpha value is -3.60. The number of urea groups is 1. The molecule has 7 N–H and O–H groups in total. The third-order valence-electron chi connectivity index (χ3n) is 9.35. The molecule has 0 radical (unpaired) electrons. The van der Waals surface area contributed by atoms with Crippen molar-refractivity contribution in [3.8, 4) is 0 Å². The normalized spacial score (nSPS) is 21.0. The zero-order valence-corrected chi connectivity index (χ0v) is 31.4. The van der Waals surface area contributed by atoms with E-state index in [1.807, 2.05) is 0 Å². The number of aromatic nitrogens is 3. The summed E-state index contributed by atoms with van der Waals surface area (Å²) in [7, 11) is 0. The molecule has 0 bridgehead atoms. The lowest BCUT2D eigenvalue weighted by Crippen LogP contribution is -2.55. The van der Waals surface area contributed by atoms with Crippen LogP contribution < -0.4 is 27.0 Å². The number of primary amides is 1. The van der Waals surface area contributed by atoms with Crippen LogP contribution in [0.1, 0.15) is 123 Å². The van der Waals surface area contributed by atoms with Gasteiger partial charge in [-0.25, -0.2) is 14.3 Å². The SMILES string of the molecule is CC(C)(C)OC(=O)N[C@H](CC1CCCCC1)C(=O)N1C[C@@H](n2nncc2C(C)(C)O)C[C@H]1C(=O)NC(CCCCNC(=O)NC1CC1)SC(N)=O. The van der Waals surface area contributed by atoms with Gasteiger partial charge >= 0.3 is 12.1 Å². The van der Waals surface area contributed by atoms with Gasteiger partial charge in [0.25, 0.3) is 5.24 Å². The van der Waals surface area contributed by atoms with Gasteiger partial charge in [-0.3, -0.25) is 14.4 Å². The first-order valence-electron chi connectivity index (χ1n) is 18.2. The van der Waals surface area contributed by atoms with Crippen LogP contribution in [0, 0.1) is 5.92 Å². The van der Waals surface area contributed by atoms with Crippen LogP contribution in [-0.4, -0.2) is 96.4 Å². The minimum atomic E-state index is -1.29. The van der Waals surface area contributed by atoms with Crippen molar-refractivity contribution in [1.29, 1.82) is 0 Å². The number of alkyl carbamates (subject to hydrolysis) is 1.